The molecule has 0 unspecified atom stereocenters. The van der Waals surface area contributed by atoms with Crippen molar-refractivity contribution in [2.75, 3.05) is 0 Å². The Bertz CT molecular complexity index is 134. The van der Waals surface area contributed by atoms with Crippen LogP contribution in [0.4, 0.5) is 0 Å². The quantitative estimate of drug-likeness (QED) is 0.663. The van der Waals surface area contributed by atoms with Crippen molar-refractivity contribution in [1.82, 2.24) is 0 Å². The van der Waals surface area contributed by atoms with Gasteiger partial charge < -0.3 is 5.11 Å². The molecule has 0 amide bonds. The van der Waals surface area contributed by atoms with Crippen LogP contribution in [-0.4, -0.2) is 11.1 Å². The van der Waals surface area contributed by atoms with E-state index in [4.69, 9.17) is 5.11 Å². The Labute approximate surface area is 67.6 Å². The van der Waals surface area contributed by atoms with Crippen LogP contribution in [0, 0.1) is 18.3 Å². The van der Waals surface area contributed by atoms with Gasteiger partial charge in [0.15, 0.2) is 0 Å². The lowest BCUT2D eigenvalue weighted by molar-refractivity contribution is -0.143. The van der Waals surface area contributed by atoms with Crippen molar-refractivity contribution in [3.63, 3.8) is 0 Å². The highest BCUT2D eigenvalue weighted by molar-refractivity contribution is 5.69. The topological polar surface area (TPSA) is 37.3 Å². The molecule has 1 aliphatic carbocycles. The summed E-state index contributed by atoms with van der Waals surface area (Å²) in [6.07, 6.45) is 6.05. The maximum Gasteiger partial charge on any atom is 0.306 e. The van der Waals surface area contributed by atoms with Crippen LogP contribution in [0.25, 0.3) is 0 Å². The summed E-state index contributed by atoms with van der Waals surface area (Å²) in [5.74, 6) is -0.00338. The van der Waals surface area contributed by atoms with Crippen LogP contribution >= 0.6 is 0 Å². The van der Waals surface area contributed by atoms with Gasteiger partial charge in [-0.05, 0) is 38.0 Å². The molecule has 2 heteroatoms. The summed E-state index contributed by atoms with van der Waals surface area (Å²) >= 11 is 0. The zero-order valence-corrected chi connectivity index (χ0v) is 6.92. The number of rotatable bonds is 2. The Hall–Kier alpha value is -0.530. The van der Waals surface area contributed by atoms with Gasteiger partial charge in [0, 0.05) is 0 Å². The normalized spacial score (nSPS) is 31.7. The highest BCUT2D eigenvalue weighted by Gasteiger charge is 2.24. The lowest BCUT2D eigenvalue weighted by atomic mass is 9.81. The molecule has 1 radical (unpaired) electrons. The van der Waals surface area contributed by atoms with E-state index in [9.17, 15) is 4.79 Å². The fraction of sp³-hybridized carbons (Fsp3) is 0.778. The fourth-order valence-electron chi connectivity index (χ4n) is 1.70. The smallest absolute Gasteiger partial charge is 0.306 e. The standard InChI is InChI=1S/C9H15O2/c1-2-7-3-5-8(6-4-7)9(10)11/h2,7-8H,3-6H2,1H3,(H,10,11). The van der Waals surface area contributed by atoms with Gasteiger partial charge in [-0.25, -0.2) is 0 Å². The Morgan fingerprint density at radius 3 is 2.27 bits per heavy atom. The van der Waals surface area contributed by atoms with Gasteiger partial charge in [-0.15, -0.1) is 0 Å². The number of hydrogen-bond acceptors (Lipinski definition) is 1. The van der Waals surface area contributed by atoms with Gasteiger partial charge in [0.1, 0.15) is 0 Å². The fourth-order valence-corrected chi connectivity index (χ4v) is 1.70. The Balaban J connectivity index is 2.30. The Morgan fingerprint density at radius 1 is 1.36 bits per heavy atom. The van der Waals surface area contributed by atoms with E-state index < -0.39 is 5.97 Å². The molecule has 0 aromatic carbocycles. The molecule has 0 aromatic heterocycles. The van der Waals surface area contributed by atoms with Gasteiger partial charge in [-0.1, -0.05) is 6.92 Å². The zero-order chi connectivity index (χ0) is 8.27. The summed E-state index contributed by atoms with van der Waals surface area (Å²) in [4.78, 5) is 10.5. The zero-order valence-electron chi connectivity index (χ0n) is 6.92. The predicted octanol–water partition coefficient (Wildman–Crippen LogP) is 2.10. The SMILES string of the molecule is C[CH]C1CCC(C(=O)O)CC1. The van der Waals surface area contributed by atoms with Crippen molar-refractivity contribution in [1.29, 1.82) is 0 Å². The first kappa shape index (κ1) is 8.57. The molecule has 0 spiro atoms. The van der Waals surface area contributed by atoms with E-state index in [1.807, 2.05) is 0 Å². The first-order valence-electron chi connectivity index (χ1n) is 4.26. The number of carboxylic acids is 1. The number of carboxylic acid groups (broad SMARTS) is 1. The molecule has 1 fully saturated rings. The van der Waals surface area contributed by atoms with E-state index >= 15 is 0 Å². The minimum Gasteiger partial charge on any atom is -0.481 e. The Morgan fingerprint density at radius 2 is 1.91 bits per heavy atom. The van der Waals surface area contributed by atoms with Crippen molar-refractivity contribution in [3.8, 4) is 0 Å². The Kier molecular flexibility index (Phi) is 2.92. The van der Waals surface area contributed by atoms with Crippen molar-refractivity contribution in [3.05, 3.63) is 6.42 Å². The van der Waals surface area contributed by atoms with E-state index in [1.165, 1.54) is 0 Å². The summed E-state index contributed by atoms with van der Waals surface area (Å²) in [5, 5.41) is 8.69. The summed E-state index contributed by atoms with van der Waals surface area (Å²) < 4.78 is 0. The number of hydrogen-bond donors (Lipinski definition) is 1. The lowest BCUT2D eigenvalue weighted by Gasteiger charge is -2.24. The predicted molar refractivity (Wildman–Crippen MR) is 43.1 cm³/mol. The van der Waals surface area contributed by atoms with Crippen LogP contribution in [0.5, 0.6) is 0 Å². The van der Waals surface area contributed by atoms with Gasteiger partial charge in [-0.3, -0.25) is 4.79 Å². The average molecular weight is 155 g/mol. The third-order valence-electron chi connectivity index (χ3n) is 2.59. The molecule has 63 valence electrons. The largest absolute Gasteiger partial charge is 0.481 e. The van der Waals surface area contributed by atoms with Gasteiger partial charge in [0.05, 0.1) is 5.92 Å². The van der Waals surface area contributed by atoms with Crippen LogP contribution in [0.15, 0.2) is 0 Å². The van der Waals surface area contributed by atoms with Crippen LogP contribution in [0.1, 0.15) is 32.6 Å². The summed E-state index contributed by atoms with van der Waals surface area (Å²) in [7, 11) is 0. The summed E-state index contributed by atoms with van der Waals surface area (Å²) in [6.45, 7) is 2.06. The molecule has 0 aliphatic heterocycles. The molecule has 0 aromatic rings. The first-order chi connectivity index (χ1) is 5.24. The maximum absolute atomic E-state index is 10.5. The van der Waals surface area contributed by atoms with E-state index in [2.05, 4.69) is 13.3 Å². The third kappa shape index (κ3) is 2.21. The van der Waals surface area contributed by atoms with Gasteiger partial charge in [-0.2, -0.15) is 0 Å². The second-order valence-electron chi connectivity index (χ2n) is 3.28. The average Bonchev–Trinajstić information content (AvgIpc) is 2.05. The van der Waals surface area contributed by atoms with Gasteiger partial charge >= 0.3 is 5.97 Å². The molecule has 11 heavy (non-hydrogen) atoms. The van der Waals surface area contributed by atoms with Crippen molar-refractivity contribution < 1.29 is 9.90 Å². The molecule has 0 heterocycles. The van der Waals surface area contributed by atoms with E-state index in [0.717, 1.165) is 25.7 Å². The number of aliphatic carboxylic acids is 1. The lowest BCUT2D eigenvalue weighted by Crippen LogP contribution is -2.21. The minimum atomic E-state index is -0.612. The van der Waals surface area contributed by atoms with Crippen molar-refractivity contribution in [2.45, 2.75) is 32.6 Å². The number of carbonyl (C=O) groups is 1. The molecule has 0 saturated heterocycles. The first-order valence-corrected chi connectivity index (χ1v) is 4.26. The molecule has 1 rings (SSSR count). The van der Waals surface area contributed by atoms with Crippen LogP contribution in [-0.2, 0) is 4.79 Å². The third-order valence-corrected chi connectivity index (χ3v) is 2.59. The molecule has 1 saturated carbocycles. The second-order valence-corrected chi connectivity index (χ2v) is 3.28. The molecule has 1 aliphatic rings. The van der Waals surface area contributed by atoms with Gasteiger partial charge in [0.2, 0.25) is 0 Å². The summed E-state index contributed by atoms with van der Waals surface area (Å²) in [5.41, 5.74) is 0. The van der Waals surface area contributed by atoms with Crippen LogP contribution < -0.4 is 0 Å². The highest BCUT2D eigenvalue weighted by atomic mass is 16.4. The van der Waals surface area contributed by atoms with Crippen molar-refractivity contribution in [2.24, 2.45) is 11.8 Å². The second kappa shape index (κ2) is 3.74. The molecular weight excluding hydrogens is 140 g/mol. The van der Waals surface area contributed by atoms with Crippen molar-refractivity contribution >= 4 is 5.97 Å². The highest BCUT2D eigenvalue weighted by Crippen LogP contribution is 2.29. The van der Waals surface area contributed by atoms with Gasteiger partial charge in [0.25, 0.3) is 0 Å². The maximum atomic E-state index is 10.5. The van der Waals surface area contributed by atoms with E-state index in [0.29, 0.717) is 5.92 Å². The molecule has 0 bridgehead atoms. The molecular formula is C9H15O2. The summed E-state index contributed by atoms with van der Waals surface area (Å²) in [6, 6.07) is 0. The van der Waals surface area contributed by atoms with Crippen LogP contribution in [0.3, 0.4) is 0 Å². The molecule has 2 nitrogen and oxygen atoms in total. The van der Waals surface area contributed by atoms with E-state index in [-0.39, 0.29) is 5.92 Å². The molecule has 0 atom stereocenters. The van der Waals surface area contributed by atoms with E-state index in [1.54, 1.807) is 0 Å². The van der Waals surface area contributed by atoms with Crippen LogP contribution in [0.2, 0.25) is 0 Å². The minimum absolute atomic E-state index is 0.0637. The monoisotopic (exact) mass is 155 g/mol. The molecule has 1 N–H and O–H groups in total.